The Labute approximate surface area is 128 Å². The van der Waals surface area contributed by atoms with Gasteiger partial charge in [-0.1, -0.05) is 31.9 Å². The lowest BCUT2D eigenvalue weighted by atomic mass is 10.1. The molecule has 21 heavy (non-hydrogen) atoms. The third-order valence-corrected chi connectivity index (χ3v) is 6.09. The van der Waals surface area contributed by atoms with Crippen LogP contribution in [-0.2, 0) is 16.6 Å². The molecule has 0 aliphatic carbocycles. The first-order chi connectivity index (χ1) is 10.1. The van der Waals surface area contributed by atoms with Gasteiger partial charge in [0.2, 0.25) is 10.0 Å². The molecule has 1 fully saturated rings. The van der Waals surface area contributed by atoms with Gasteiger partial charge in [-0.2, -0.15) is 4.31 Å². The van der Waals surface area contributed by atoms with E-state index < -0.39 is 10.0 Å². The van der Waals surface area contributed by atoms with Crippen LogP contribution in [0, 0.1) is 0 Å². The van der Waals surface area contributed by atoms with Gasteiger partial charge < -0.3 is 5.32 Å². The van der Waals surface area contributed by atoms with Crippen molar-refractivity contribution in [2.24, 2.45) is 0 Å². The zero-order valence-electron chi connectivity index (χ0n) is 13.0. The molecule has 1 aromatic carbocycles. The largest absolute Gasteiger partial charge is 0.313 e. The predicted octanol–water partition coefficient (Wildman–Crippen LogP) is 2.75. The van der Waals surface area contributed by atoms with Crippen molar-refractivity contribution in [3.8, 4) is 0 Å². The average Bonchev–Trinajstić information content (AvgIpc) is 2.70. The molecule has 1 aromatic rings. The van der Waals surface area contributed by atoms with Gasteiger partial charge in [0.25, 0.3) is 0 Å². The first kappa shape index (κ1) is 16.5. The van der Waals surface area contributed by atoms with Gasteiger partial charge in [0.1, 0.15) is 0 Å². The number of nitrogens with one attached hydrogen (secondary N) is 1. The molecule has 118 valence electrons. The second-order valence-electron chi connectivity index (χ2n) is 5.74. The quantitative estimate of drug-likeness (QED) is 0.910. The lowest BCUT2D eigenvalue weighted by molar-refractivity contribution is 0.342. The fourth-order valence-corrected chi connectivity index (χ4v) is 4.60. The highest BCUT2D eigenvalue weighted by atomic mass is 32.2. The van der Waals surface area contributed by atoms with Crippen LogP contribution in [-0.4, -0.2) is 31.9 Å². The van der Waals surface area contributed by atoms with Crippen LogP contribution in [0.4, 0.5) is 0 Å². The lowest BCUT2D eigenvalue weighted by Gasteiger charge is -2.26. The van der Waals surface area contributed by atoms with E-state index in [0.29, 0.717) is 18.0 Å². The van der Waals surface area contributed by atoms with Crippen molar-refractivity contribution in [1.82, 2.24) is 9.62 Å². The van der Waals surface area contributed by atoms with Gasteiger partial charge in [0.15, 0.2) is 0 Å². The summed E-state index contributed by atoms with van der Waals surface area (Å²) >= 11 is 0. The van der Waals surface area contributed by atoms with E-state index in [4.69, 9.17) is 0 Å². The maximum atomic E-state index is 12.9. The topological polar surface area (TPSA) is 49.4 Å². The zero-order valence-corrected chi connectivity index (χ0v) is 13.8. The van der Waals surface area contributed by atoms with Crippen LogP contribution in [0.1, 0.15) is 45.1 Å². The summed E-state index contributed by atoms with van der Waals surface area (Å²) in [6.45, 7) is 6.28. The van der Waals surface area contributed by atoms with E-state index >= 15 is 0 Å². The van der Waals surface area contributed by atoms with Crippen LogP contribution >= 0.6 is 0 Å². The van der Waals surface area contributed by atoms with Crippen LogP contribution in [0.5, 0.6) is 0 Å². The molecule has 1 aliphatic heterocycles. The Balaban J connectivity index is 2.25. The third-order valence-electron chi connectivity index (χ3n) is 4.08. The van der Waals surface area contributed by atoms with Crippen LogP contribution in [0.25, 0.3) is 0 Å². The van der Waals surface area contributed by atoms with E-state index in [1.165, 1.54) is 0 Å². The first-order valence-electron chi connectivity index (χ1n) is 7.87. The Morgan fingerprint density at radius 2 is 2.10 bits per heavy atom. The minimum absolute atomic E-state index is 0.0925. The molecule has 0 bridgehead atoms. The molecule has 1 N–H and O–H groups in total. The smallest absolute Gasteiger partial charge is 0.243 e. The van der Waals surface area contributed by atoms with Crippen molar-refractivity contribution in [1.29, 1.82) is 0 Å². The Bertz CT molecular complexity index is 557. The van der Waals surface area contributed by atoms with Gasteiger partial charge in [-0.25, -0.2) is 8.42 Å². The van der Waals surface area contributed by atoms with Gasteiger partial charge >= 0.3 is 0 Å². The third kappa shape index (κ3) is 4.05. The summed E-state index contributed by atoms with van der Waals surface area (Å²) in [5, 5.41) is 3.23. The summed E-state index contributed by atoms with van der Waals surface area (Å²) in [4.78, 5) is 0.423. The Morgan fingerprint density at radius 1 is 1.29 bits per heavy atom. The van der Waals surface area contributed by atoms with Gasteiger partial charge in [-0.05, 0) is 44.0 Å². The Hall–Kier alpha value is -0.910. The predicted molar refractivity (Wildman–Crippen MR) is 85.6 cm³/mol. The van der Waals surface area contributed by atoms with Gasteiger partial charge in [0, 0.05) is 19.1 Å². The summed E-state index contributed by atoms with van der Waals surface area (Å²) < 4.78 is 27.5. The van der Waals surface area contributed by atoms with Gasteiger partial charge in [-0.3, -0.25) is 0 Å². The summed E-state index contributed by atoms with van der Waals surface area (Å²) in [6, 6.07) is 7.41. The molecule has 0 aromatic heterocycles. The number of rotatable bonds is 5. The molecule has 0 amide bonds. The summed E-state index contributed by atoms with van der Waals surface area (Å²) in [6.07, 6.45) is 4.15. The molecule has 0 saturated carbocycles. The normalized spacial score (nSPS) is 21.1. The van der Waals surface area contributed by atoms with E-state index in [1.54, 1.807) is 16.4 Å². The SMILES string of the molecule is CCNCc1cccc(S(=O)(=O)N2CCCCCC2C)c1. The van der Waals surface area contributed by atoms with Crippen molar-refractivity contribution in [2.75, 3.05) is 13.1 Å². The number of benzene rings is 1. The number of nitrogens with zero attached hydrogens (tertiary/aromatic N) is 1. The molecule has 2 rings (SSSR count). The number of sulfonamides is 1. The minimum atomic E-state index is -3.38. The van der Waals surface area contributed by atoms with E-state index in [1.807, 2.05) is 26.0 Å². The molecule has 0 spiro atoms. The molecule has 0 radical (unpaired) electrons. The maximum Gasteiger partial charge on any atom is 0.243 e. The fourth-order valence-electron chi connectivity index (χ4n) is 2.83. The maximum absolute atomic E-state index is 12.9. The van der Waals surface area contributed by atoms with E-state index in [9.17, 15) is 8.42 Å². The second-order valence-corrected chi connectivity index (χ2v) is 7.63. The molecule has 1 saturated heterocycles. The number of hydrogen-bond donors (Lipinski definition) is 1. The van der Waals surface area contributed by atoms with Crippen molar-refractivity contribution in [3.05, 3.63) is 29.8 Å². The Morgan fingerprint density at radius 3 is 2.86 bits per heavy atom. The molecule has 1 unspecified atom stereocenters. The summed E-state index contributed by atoms with van der Waals surface area (Å²) in [5.41, 5.74) is 1.01. The molecule has 1 atom stereocenters. The van der Waals surface area contributed by atoms with E-state index in [0.717, 1.165) is 37.8 Å². The summed E-state index contributed by atoms with van der Waals surface area (Å²) in [7, 11) is -3.38. The van der Waals surface area contributed by atoms with Crippen LogP contribution < -0.4 is 5.32 Å². The van der Waals surface area contributed by atoms with Crippen LogP contribution in [0.3, 0.4) is 0 Å². The van der Waals surface area contributed by atoms with Crippen molar-refractivity contribution in [3.63, 3.8) is 0 Å². The van der Waals surface area contributed by atoms with E-state index in [-0.39, 0.29) is 6.04 Å². The van der Waals surface area contributed by atoms with Crippen molar-refractivity contribution in [2.45, 2.75) is 57.0 Å². The Kier molecular flexibility index (Phi) is 5.79. The molecular formula is C16H26N2O2S. The standard InChI is InChI=1S/C16H26N2O2S/c1-3-17-13-15-9-7-10-16(12-15)21(19,20)18-11-6-4-5-8-14(18)2/h7,9-10,12,14,17H,3-6,8,11,13H2,1-2H3. The fraction of sp³-hybridized carbons (Fsp3) is 0.625. The van der Waals surface area contributed by atoms with Crippen molar-refractivity contribution >= 4 is 10.0 Å². The van der Waals surface area contributed by atoms with Gasteiger partial charge in [-0.15, -0.1) is 0 Å². The lowest BCUT2D eigenvalue weighted by Crippen LogP contribution is -2.38. The molecule has 5 heteroatoms. The molecule has 1 heterocycles. The molecule has 4 nitrogen and oxygen atoms in total. The van der Waals surface area contributed by atoms with Gasteiger partial charge in [0.05, 0.1) is 4.90 Å². The first-order valence-corrected chi connectivity index (χ1v) is 9.31. The van der Waals surface area contributed by atoms with Crippen LogP contribution in [0.2, 0.25) is 0 Å². The average molecular weight is 310 g/mol. The summed E-state index contributed by atoms with van der Waals surface area (Å²) in [5.74, 6) is 0. The highest BCUT2D eigenvalue weighted by molar-refractivity contribution is 7.89. The molecular weight excluding hydrogens is 284 g/mol. The highest BCUT2D eigenvalue weighted by Crippen LogP contribution is 2.25. The molecule has 1 aliphatic rings. The number of hydrogen-bond acceptors (Lipinski definition) is 3. The highest BCUT2D eigenvalue weighted by Gasteiger charge is 2.29. The van der Waals surface area contributed by atoms with Crippen LogP contribution in [0.15, 0.2) is 29.2 Å². The monoisotopic (exact) mass is 310 g/mol. The minimum Gasteiger partial charge on any atom is -0.313 e. The second kappa shape index (κ2) is 7.38. The van der Waals surface area contributed by atoms with E-state index in [2.05, 4.69) is 5.32 Å². The van der Waals surface area contributed by atoms with Crippen molar-refractivity contribution < 1.29 is 8.42 Å². The zero-order chi connectivity index (χ0) is 15.3.